The summed E-state index contributed by atoms with van der Waals surface area (Å²) < 4.78 is 26.7. The predicted molar refractivity (Wildman–Crippen MR) is 112 cm³/mol. The average molecular weight is 433 g/mol. The van der Waals surface area contributed by atoms with Crippen LogP contribution < -0.4 is 10.9 Å². The molecule has 0 bridgehead atoms. The summed E-state index contributed by atoms with van der Waals surface area (Å²) in [4.78, 5) is 33.0. The number of aryl methyl sites for hydroxylation is 2. The van der Waals surface area contributed by atoms with Crippen LogP contribution >= 0.6 is 11.3 Å². The fourth-order valence-electron chi connectivity index (χ4n) is 3.44. The number of fused-ring (bicyclic) bond motifs is 1. The van der Waals surface area contributed by atoms with Crippen molar-refractivity contribution in [3.63, 3.8) is 0 Å². The van der Waals surface area contributed by atoms with Crippen molar-refractivity contribution in [3.8, 4) is 0 Å². The van der Waals surface area contributed by atoms with E-state index in [-0.39, 0.29) is 16.4 Å². The summed E-state index contributed by atoms with van der Waals surface area (Å²) in [6.07, 6.45) is 1.75. The highest BCUT2D eigenvalue weighted by Gasteiger charge is 2.27. The molecule has 29 heavy (non-hydrogen) atoms. The van der Waals surface area contributed by atoms with E-state index in [9.17, 15) is 18.0 Å². The Morgan fingerprint density at radius 1 is 1.17 bits per heavy atom. The van der Waals surface area contributed by atoms with Crippen LogP contribution in [0.25, 0.3) is 10.2 Å². The number of carbonyl (C=O) groups is 1. The van der Waals surface area contributed by atoms with Crippen LogP contribution in [0.1, 0.15) is 33.9 Å². The van der Waals surface area contributed by atoms with Crippen LogP contribution in [0.2, 0.25) is 0 Å². The van der Waals surface area contributed by atoms with Gasteiger partial charge in [-0.25, -0.2) is 13.4 Å². The number of hydrogen-bond acceptors (Lipinski definition) is 6. The molecular formula is C19H20N4O4S2. The van der Waals surface area contributed by atoms with Crippen LogP contribution in [0.4, 0.5) is 5.69 Å². The van der Waals surface area contributed by atoms with Gasteiger partial charge in [-0.2, -0.15) is 4.31 Å². The summed E-state index contributed by atoms with van der Waals surface area (Å²) in [6, 6.07) is 6.13. The zero-order valence-corrected chi connectivity index (χ0v) is 17.6. The van der Waals surface area contributed by atoms with Gasteiger partial charge in [0.2, 0.25) is 10.0 Å². The maximum atomic E-state index is 12.7. The zero-order chi connectivity index (χ0) is 20.8. The minimum absolute atomic E-state index is 0.210. The maximum absolute atomic E-state index is 12.7. The molecule has 2 aromatic heterocycles. The molecule has 1 fully saturated rings. The van der Waals surface area contributed by atoms with Gasteiger partial charge in [0.05, 0.1) is 15.2 Å². The lowest BCUT2D eigenvalue weighted by molar-refractivity contribution is 0.103. The highest BCUT2D eigenvalue weighted by atomic mass is 32.2. The van der Waals surface area contributed by atoms with E-state index in [2.05, 4.69) is 15.3 Å². The van der Waals surface area contributed by atoms with Crippen LogP contribution in [0, 0.1) is 13.8 Å². The van der Waals surface area contributed by atoms with Crippen molar-refractivity contribution in [1.29, 1.82) is 0 Å². The maximum Gasteiger partial charge on any atom is 0.266 e. The minimum Gasteiger partial charge on any atom is -0.321 e. The van der Waals surface area contributed by atoms with Crippen LogP contribution in [-0.4, -0.2) is 41.7 Å². The number of amides is 1. The number of H-pyrrole nitrogens is 1. The summed E-state index contributed by atoms with van der Waals surface area (Å²) in [5.74, 6) is 0.128. The fourth-order valence-corrected chi connectivity index (χ4v) is 6.08. The van der Waals surface area contributed by atoms with Gasteiger partial charge in [-0.1, -0.05) is 0 Å². The molecule has 1 aliphatic rings. The molecule has 1 aromatic carbocycles. The summed E-state index contributed by atoms with van der Waals surface area (Å²) in [5, 5.41) is 3.18. The van der Waals surface area contributed by atoms with Crippen molar-refractivity contribution in [2.75, 3.05) is 18.4 Å². The van der Waals surface area contributed by atoms with Crippen LogP contribution in [-0.2, 0) is 10.0 Å². The molecule has 3 heterocycles. The van der Waals surface area contributed by atoms with E-state index < -0.39 is 10.0 Å². The van der Waals surface area contributed by atoms with E-state index in [1.54, 1.807) is 26.0 Å². The Balaban J connectivity index is 1.58. The quantitative estimate of drug-likeness (QED) is 0.658. The summed E-state index contributed by atoms with van der Waals surface area (Å²) in [6.45, 7) is 4.48. The van der Waals surface area contributed by atoms with Gasteiger partial charge in [-0.05, 0) is 56.5 Å². The Kier molecular flexibility index (Phi) is 5.01. The van der Waals surface area contributed by atoms with Crippen molar-refractivity contribution in [3.05, 3.63) is 50.9 Å². The number of benzene rings is 1. The van der Waals surface area contributed by atoms with Gasteiger partial charge in [0.15, 0.2) is 0 Å². The van der Waals surface area contributed by atoms with E-state index in [4.69, 9.17) is 0 Å². The van der Waals surface area contributed by atoms with E-state index in [1.165, 1.54) is 16.4 Å². The molecule has 1 amide bonds. The van der Waals surface area contributed by atoms with Crippen molar-refractivity contribution in [2.45, 2.75) is 31.6 Å². The highest BCUT2D eigenvalue weighted by Crippen LogP contribution is 2.28. The van der Waals surface area contributed by atoms with Gasteiger partial charge in [-0.3, -0.25) is 9.59 Å². The Morgan fingerprint density at radius 3 is 2.48 bits per heavy atom. The molecular weight excluding hydrogens is 412 g/mol. The summed E-state index contributed by atoms with van der Waals surface area (Å²) in [5.41, 5.74) is 0.784. The number of thiophene rings is 1. The number of nitrogens with zero attached hydrogens (tertiary/aromatic N) is 2. The van der Waals surface area contributed by atoms with Gasteiger partial charge < -0.3 is 10.3 Å². The normalized spacial score (nSPS) is 15.1. The minimum atomic E-state index is -3.49. The van der Waals surface area contributed by atoms with Crippen LogP contribution in [0.5, 0.6) is 0 Å². The van der Waals surface area contributed by atoms with Crippen molar-refractivity contribution >= 4 is 43.2 Å². The molecule has 0 spiro atoms. The lowest BCUT2D eigenvalue weighted by Crippen LogP contribution is -2.27. The first-order valence-corrected chi connectivity index (χ1v) is 11.4. The molecule has 152 valence electrons. The fraction of sp³-hybridized carbons (Fsp3) is 0.316. The second kappa shape index (κ2) is 7.36. The second-order valence-corrected chi connectivity index (χ2v) is 9.91. The lowest BCUT2D eigenvalue weighted by atomic mass is 10.2. The second-order valence-electron chi connectivity index (χ2n) is 6.98. The summed E-state index contributed by atoms with van der Waals surface area (Å²) >= 11 is 1.16. The number of sulfonamides is 1. The number of nitrogens with one attached hydrogen (secondary N) is 2. The molecule has 2 N–H and O–H groups in total. The molecule has 0 saturated carbocycles. The molecule has 0 atom stereocenters. The molecule has 10 heteroatoms. The Hall–Kier alpha value is -2.56. The monoisotopic (exact) mass is 432 g/mol. The molecule has 0 unspecified atom stereocenters. The third-order valence-corrected chi connectivity index (χ3v) is 8.04. The van der Waals surface area contributed by atoms with Gasteiger partial charge in [0, 0.05) is 18.8 Å². The molecule has 0 aliphatic carbocycles. The third-order valence-electron chi connectivity index (χ3n) is 4.94. The van der Waals surface area contributed by atoms with Crippen molar-refractivity contribution < 1.29 is 13.2 Å². The Bertz CT molecular complexity index is 1250. The number of anilines is 1. The van der Waals surface area contributed by atoms with Crippen LogP contribution in [0.3, 0.4) is 0 Å². The first-order chi connectivity index (χ1) is 13.8. The molecule has 0 radical (unpaired) electrons. The van der Waals surface area contributed by atoms with Gasteiger partial charge in [0.25, 0.3) is 11.5 Å². The van der Waals surface area contributed by atoms with Crippen molar-refractivity contribution in [2.24, 2.45) is 0 Å². The number of aromatic nitrogens is 2. The standard InChI is InChI=1S/C19H20N4O4S2/c1-11-15-17(24)20-12(2)21-19(15)28-16(11)18(25)22-13-5-7-14(8-6-13)29(26,27)23-9-3-4-10-23/h5-8H,3-4,9-10H2,1-2H3,(H,22,25)(H,20,21,24). The zero-order valence-electron chi connectivity index (χ0n) is 16.0. The molecule has 1 saturated heterocycles. The Morgan fingerprint density at radius 2 is 1.83 bits per heavy atom. The average Bonchev–Trinajstić information content (AvgIpc) is 3.31. The number of carbonyl (C=O) groups excluding carboxylic acids is 1. The Labute approximate surface area is 171 Å². The van der Waals surface area contributed by atoms with Crippen LogP contribution in [0.15, 0.2) is 34.0 Å². The predicted octanol–water partition coefficient (Wildman–Crippen LogP) is 2.64. The smallest absolute Gasteiger partial charge is 0.266 e. The molecule has 3 aromatic rings. The number of rotatable bonds is 4. The lowest BCUT2D eigenvalue weighted by Gasteiger charge is -2.15. The molecule has 1 aliphatic heterocycles. The third kappa shape index (κ3) is 3.59. The van der Waals surface area contributed by atoms with E-state index in [0.717, 1.165) is 24.2 Å². The van der Waals surface area contributed by atoms with Gasteiger partial charge in [0.1, 0.15) is 10.7 Å². The topological polar surface area (TPSA) is 112 Å². The molecule has 4 rings (SSSR count). The van der Waals surface area contributed by atoms with Gasteiger partial charge >= 0.3 is 0 Å². The number of hydrogen-bond donors (Lipinski definition) is 2. The van der Waals surface area contributed by atoms with E-state index in [1.807, 2.05) is 0 Å². The highest BCUT2D eigenvalue weighted by molar-refractivity contribution is 7.89. The van der Waals surface area contributed by atoms with Crippen molar-refractivity contribution in [1.82, 2.24) is 14.3 Å². The first-order valence-electron chi connectivity index (χ1n) is 9.19. The largest absolute Gasteiger partial charge is 0.321 e. The SMILES string of the molecule is Cc1nc2sc(C(=O)Nc3ccc(S(=O)(=O)N4CCCC4)cc3)c(C)c2c(=O)[nH]1. The van der Waals surface area contributed by atoms with E-state index in [0.29, 0.717) is 45.3 Å². The first kappa shape index (κ1) is 19.7. The van der Waals surface area contributed by atoms with E-state index >= 15 is 0 Å². The molecule has 8 nitrogen and oxygen atoms in total. The number of aromatic amines is 1. The summed E-state index contributed by atoms with van der Waals surface area (Å²) in [7, 11) is -3.49. The van der Waals surface area contributed by atoms with Gasteiger partial charge in [-0.15, -0.1) is 11.3 Å².